The van der Waals surface area contributed by atoms with Crippen molar-refractivity contribution in [2.24, 2.45) is 0 Å². The van der Waals surface area contributed by atoms with Crippen LogP contribution in [0.5, 0.6) is 0 Å². The zero-order chi connectivity index (χ0) is 11.7. The molecule has 1 aromatic carbocycles. The van der Waals surface area contributed by atoms with Gasteiger partial charge in [0.25, 0.3) is 0 Å². The van der Waals surface area contributed by atoms with Crippen LogP contribution < -0.4 is 0 Å². The van der Waals surface area contributed by atoms with Crippen molar-refractivity contribution in [2.75, 3.05) is 0 Å². The summed E-state index contributed by atoms with van der Waals surface area (Å²) in [6.45, 7) is 4.12. The number of thiophene rings is 1. The number of aliphatic hydroxyl groups is 1. The van der Waals surface area contributed by atoms with Crippen molar-refractivity contribution in [3.05, 3.63) is 54.8 Å². The van der Waals surface area contributed by atoms with E-state index in [0.29, 0.717) is 0 Å². The highest BCUT2D eigenvalue weighted by atomic mass is 127. The molecule has 0 fully saturated rings. The van der Waals surface area contributed by atoms with E-state index >= 15 is 0 Å². The van der Waals surface area contributed by atoms with E-state index in [9.17, 15) is 5.11 Å². The van der Waals surface area contributed by atoms with Crippen LogP contribution in [-0.4, -0.2) is 5.11 Å². The first-order valence-corrected chi connectivity index (χ1v) is 6.98. The number of hydrogen-bond acceptors (Lipinski definition) is 2. The molecule has 1 heterocycles. The number of benzene rings is 1. The number of aliphatic hydroxyl groups excluding tert-OH is 1. The molecule has 1 aromatic heterocycles. The zero-order valence-electron chi connectivity index (χ0n) is 9.20. The van der Waals surface area contributed by atoms with Gasteiger partial charge in [-0.25, -0.2) is 0 Å². The second-order valence-corrected chi connectivity index (χ2v) is 6.23. The molecule has 84 valence electrons. The molecule has 1 N–H and O–H groups in total. The summed E-state index contributed by atoms with van der Waals surface area (Å²) in [5.74, 6) is 0. The van der Waals surface area contributed by atoms with Gasteiger partial charge in [0.05, 0.1) is 0 Å². The summed E-state index contributed by atoms with van der Waals surface area (Å²) < 4.78 is 1.15. The lowest BCUT2D eigenvalue weighted by Gasteiger charge is -2.12. The molecule has 1 nitrogen and oxygen atoms in total. The Hall–Kier alpha value is -0.390. The number of halogens is 1. The fourth-order valence-corrected chi connectivity index (χ4v) is 3.17. The Morgan fingerprint density at radius 3 is 2.56 bits per heavy atom. The van der Waals surface area contributed by atoms with Crippen molar-refractivity contribution in [1.29, 1.82) is 0 Å². The van der Waals surface area contributed by atoms with E-state index in [1.165, 1.54) is 10.4 Å². The molecule has 0 bridgehead atoms. The van der Waals surface area contributed by atoms with Gasteiger partial charge in [-0.05, 0) is 59.7 Å². The van der Waals surface area contributed by atoms with E-state index in [1.54, 1.807) is 11.3 Å². The summed E-state index contributed by atoms with van der Waals surface area (Å²) in [7, 11) is 0. The van der Waals surface area contributed by atoms with Gasteiger partial charge in [0.15, 0.2) is 0 Å². The molecule has 0 aliphatic heterocycles. The Kier molecular flexibility index (Phi) is 3.66. The van der Waals surface area contributed by atoms with Gasteiger partial charge in [-0.1, -0.05) is 18.2 Å². The Balaban J connectivity index is 2.41. The predicted molar refractivity (Wildman–Crippen MR) is 77.0 cm³/mol. The van der Waals surface area contributed by atoms with E-state index in [-0.39, 0.29) is 0 Å². The van der Waals surface area contributed by atoms with Crippen molar-refractivity contribution in [3.8, 4) is 0 Å². The van der Waals surface area contributed by atoms with Crippen LogP contribution in [0.2, 0.25) is 0 Å². The lowest BCUT2D eigenvalue weighted by molar-refractivity contribution is 0.223. The zero-order valence-corrected chi connectivity index (χ0v) is 12.2. The molecule has 0 spiro atoms. The largest absolute Gasteiger partial charge is 0.383 e. The highest BCUT2D eigenvalue weighted by Gasteiger charge is 2.15. The molecule has 0 saturated carbocycles. The lowest BCUT2D eigenvalue weighted by Crippen LogP contribution is -2.00. The van der Waals surface area contributed by atoms with E-state index < -0.39 is 6.10 Å². The Bertz CT molecular complexity index is 504. The maximum atomic E-state index is 10.3. The normalized spacial score (nSPS) is 12.8. The summed E-state index contributed by atoms with van der Waals surface area (Å²) in [5.41, 5.74) is 2.22. The molecule has 3 heteroatoms. The van der Waals surface area contributed by atoms with Crippen LogP contribution in [0.15, 0.2) is 30.3 Å². The average molecular weight is 344 g/mol. The van der Waals surface area contributed by atoms with Gasteiger partial charge in [0.1, 0.15) is 6.10 Å². The molecular weight excluding hydrogens is 331 g/mol. The van der Waals surface area contributed by atoms with Crippen molar-refractivity contribution >= 4 is 33.9 Å². The monoisotopic (exact) mass is 344 g/mol. The number of aryl methyl sites for hydroxylation is 2. The topological polar surface area (TPSA) is 20.2 Å². The van der Waals surface area contributed by atoms with Crippen LogP contribution in [0.1, 0.15) is 27.0 Å². The molecule has 0 amide bonds. The van der Waals surface area contributed by atoms with Gasteiger partial charge in [-0.2, -0.15) is 0 Å². The summed E-state index contributed by atoms with van der Waals surface area (Å²) in [4.78, 5) is 2.25. The second kappa shape index (κ2) is 4.85. The van der Waals surface area contributed by atoms with Crippen LogP contribution in [0.3, 0.4) is 0 Å². The summed E-state index contributed by atoms with van der Waals surface area (Å²) >= 11 is 3.95. The fraction of sp³-hybridized carbons (Fsp3) is 0.231. The predicted octanol–water partition coefficient (Wildman–Crippen LogP) is 4.05. The summed E-state index contributed by atoms with van der Waals surface area (Å²) in [5, 5.41) is 10.3. The van der Waals surface area contributed by atoms with Gasteiger partial charge < -0.3 is 5.11 Å². The minimum atomic E-state index is -0.495. The number of hydrogen-bond donors (Lipinski definition) is 1. The SMILES string of the molecule is Cc1ccc(C(O)c2cccc(C)c2I)s1. The Morgan fingerprint density at radius 2 is 1.94 bits per heavy atom. The van der Waals surface area contributed by atoms with Crippen LogP contribution in [0, 0.1) is 17.4 Å². The standard InChI is InChI=1S/C13H13IOS/c1-8-4-3-5-10(12(8)14)13(15)11-7-6-9(2)16-11/h3-7,13,15H,1-2H3. The van der Waals surface area contributed by atoms with E-state index in [0.717, 1.165) is 14.0 Å². The first-order chi connectivity index (χ1) is 7.59. The molecule has 2 aromatic rings. The van der Waals surface area contributed by atoms with Gasteiger partial charge >= 0.3 is 0 Å². The van der Waals surface area contributed by atoms with Crippen LogP contribution in [-0.2, 0) is 0 Å². The van der Waals surface area contributed by atoms with E-state index in [1.807, 2.05) is 24.3 Å². The maximum Gasteiger partial charge on any atom is 0.114 e. The lowest BCUT2D eigenvalue weighted by atomic mass is 10.1. The van der Waals surface area contributed by atoms with Gasteiger partial charge in [-0.15, -0.1) is 11.3 Å². The maximum absolute atomic E-state index is 10.3. The van der Waals surface area contributed by atoms with E-state index in [2.05, 4.69) is 42.5 Å². The molecule has 0 saturated heterocycles. The third-order valence-electron chi connectivity index (χ3n) is 2.55. The fourth-order valence-electron chi connectivity index (χ4n) is 1.63. The molecule has 0 aliphatic carbocycles. The van der Waals surface area contributed by atoms with Crippen molar-refractivity contribution < 1.29 is 5.11 Å². The first-order valence-electron chi connectivity index (χ1n) is 5.09. The quantitative estimate of drug-likeness (QED) is 0.815. The van der Waals surface area contributed by atoms with Gasteiger partial charge in [-0.3, -0.25) is 0 Å². The minimum absolute atomic E-state index is 0.495. The average Bonchev–Trinajstić information content (AvgIpc) is 2.68. The molecule has 0 radical (unpaired) electrons. The summed E-state index contributed by atoms with van der Waals surface area (Å²) in [6, 6.07) is 10.1. The van der Waals surface area contributed by atoms with Gasteiger partial charge in [0, 0.05) is 13.3 Å². The third kappa shape index (κ3) is 2.31. The molecule has 1 unspecified atom stereocenters. The first kappa shape index (κ1) is 12.1. The third-order valence-corrected chi connectivity index (χ3v) is 5.07. The van der Waals surface area contributed by atoms with Crippen molar-refractivity contribution in [2.45, 2.75) is 20.0 Å². The molecule has 16 heavy (non-hydrogen) atoms. The number of rotatable bonds is 2. The Labute approximate surface area is 113 Å². The van der Waals surface area contributed by atoms with Crippen LogP contribution in [0.4, 0.5) is 0 Å². The Morgan fingerprint density at radius 1 is 1.19 bits per heavy atom. The highest BCUT2D eigenvalue weighted by molar-refractivity contribution is 14.1. The molecule has 2 rings (SSSR count). The molecule has 1 atom stereocenters. The second-order valence-electron chi connectivity index (χ2n) is 3.83. The summed E-state index contributed by atoms with van der Waals surface area (Å²) in [6.07, 6.45) is -0.495. The highest BCUT2D eigenvalue weighted by Crippen LogP contribution is 2.31. The van der Waals surface area contributed by atoms with Gasteiger partial charge in [0.2, 0.25) is 0 Å². The van der Waals surface area contributed by atoms with Crippen molar-refractivity contribution in [1.82, 2.24) is 0 Å². The van der Waals surface area contributed by atoms with Crippen molar-refractivity contribution in [3.63, 3.8) is 0 Å². The van der Waals surface area contributed by atoms with E-state index in [4.69, 9.17) is 0 Å². The minimum Gasteiger partial charge on any atom is -0.383 e. The smallest absolute Gasteiger partial charge is 0.114 e. The molecular formula is C13H13IOS. The molecule has 0 aliphatic rings. The van der Waals surface area contributed by atoms with Crippen LogP contribution >= 0.6 is 33.9 Å². The van der Waals surface area contributed by atoms with Crippen LogP contribution in [0.25, 0.3) is 0 Å².